The molecule has 2 rings (SSSR count). The van der Waals surface area contributed by atoms with Crippen molar-refractivity contribution in [2.24, 2.45) is 0 Å². The Morgan fingerprint density at radius 2 is 1.95 bits per heavy atom. The number of pyridine rings is 1. The van der Waals surface area contributed by atoms with E-state index >= 15 is 0 Å². The molecule has 0 unspecified atom stereocenters. The maximum atomic E-state index is 13.5. The molecule has 0 aliphatic carbocycles. The van der Waals surface area contributed by atoms with Gasteiger partial charge in [0.15, 0.2) is 0 Å². The highest BCUT2D eigenvalue weighted by atomic mass is 19.1. The predicted octanol–water partition coefficient (Wildman–Crippen LogP) is 2.54. The van der Waals surface area contributed by atoms with Gasteiger partial charge in [-0.2, -0.15) is 0 Å². The first-order valence-electron chi connectivity index (χ1n) is 6.08. The van der Waals surface area contributed by atoms with Crippen LogP contribution in [-0.4, -0.2) is 29.4 Å². The molecule has 1 aromatic carbocycles. The summed E-state index contributed by atoms with van der Waals surface area (Å²) in [6.45, 7) is 0.504. The maximum absolute atomic E-state index is 13.5. The average molecular weight is 258 g/mol. The van der Waals surface area contributed by atoms with Crippen molar-refractivity contribution in [3.63, 3.8) is 0 Å². The van der Waals surface area contributed by atoms with E-state index in [2.05, 4.69) is 4.98 Å². The van der Waals surface area contributed by atoms with Crippen molar-refractivity contribution in [3.8, 4) is 0 Å². The van der Waals surface area contributed by atoms with Crippen molar-refractivity contribution < 1.29 is 9.18 Å². The van der Waals surface area contributed by atoms with Crippen LogP contribution in [0.3, 0.4) is 0 Å². The molecule has 0 saturated carbocycles. The van der Waals surface area contributed by atoms with Crippen LogP contribution in [0, 0.1) is 5.82 Å². The Morgan fingerprint density at radius 3 is 2.63 bits per heavy atom. The van der Waals surface area contributed by atoms with Crippen LogP contribution >= 0.6 is 0 Å². The molecule has 1 aromatic heterocycles. The average Bonchev–Trinajstić information content (AvgIpc) is 2.45. The number of likely N-dealkylation sites (N-methyl/N-ethyl adjacent to an activating group) is 1. The van der Waals surface area contributed by atoms with Gasteiger partial charge in [-0.3, -0.25) is 9.78 Å². The van der Waals surface area contributed by atoms with Gasteiger partial charge in [0.25, 0.3) is 5.91 Å². The van der Waals surface area contributed by atoms with E-state index in [1.807, 2.05) is 18.2 Å². The first-order chi connectivity index (χ1) is 9.18. The zero-order chi connectivity index (χ0) is 13.7. The van der Waals surface area contributed by atoms with Crippen molar-refractivity contribution in [3.05, 3.63) is 65.7 Å². The second-order valence-electron chi connectivity index (χ2n) is 4.28. The van der Waals surface area contributed by atoms with Gasteiger partial charge in [0.2, 0.25) is 0 Å². The molecule has 0 saturated heterocycles. The third kappa shape index (κ3) is 3.37. The molecule has 0 radical (unpaired) electrons. The standard InChI is InChI=1S/C15H15FN2O/c1-18(11-9-12-6-4-5-10-17-12)15(19)13-7-2-3-8-14(13)16/h2-8,10H,9,11H2,1H3. The van der Waals surface area contributed by atoms with Crippen molar-refractivity contribution in [1.29, 1.82) is 0 Å². The summed E-state index contributed by atoms with van der Waals surface area (Å²) >= 11 is 0. The minimum absolute atomic E-state index is 0.103. The van der Waals surface area contributed by atoms with E-state index in [1.54, 1.807) is 25.4 Å². The monoisotopic (exact) mass is 258 g/mol. The lowest BCUT2D eigenvalue weighted by molar-refractivity contribution is 0.0791. The van der Waals surface area contributed by atoms with Gasteiger partial charge < -0.3 is 4.90 Å². The third-order valence-electron chi connectivity index (χ3n) is 2.88. The third-order valence-corrected chi connectivity index (χ3v) is 2.88. The van der Waals surface area contributed by atoms with Gasteiger partial charge in [-0.1, -0.05) is 18.2 Å². The van der Waals surface area contributed by atoms with Gasteiger partial charge in [0.1, 0.15) is 5.82 Å². The fourth-order valence-corrected chi connectivity index (χ4v) is 1.77. The Hall–Kier alpha value is -2.23. The van der Waals surface area contributed by atoms with E-state index in [0.717, 1.165) is 5.69 Å². The number of carbonyl (C=O) groups is 1. The molecular weight excluding hydrogens is 243 g/mol. The topological polar surface area (TPSA) is 33.2 Å². The van der Waals surface area contributed by atoms with E-state index < -0.39 is 5.82 Å². The van der Waals surface area contributed by atoms with E-state index in [9.17, 15) is 9.18 Å². The summed E-state index contributed by atoms with van der Waals surface area (Å²) < 4.78 is 13.5. The second-order valence-corrected chi connectivity index (χ2v) is 4.28. The predicted molar refractivity (Wildman–Crippen MR) is 71.3 cm³/mol. The molecule has 0 spiro atoms. The van der Waals surface area contributed by atoms with E-state index in [-0.39, 0.29) is 11.5 Å². The molecule has 3 nitrogen and oxygen atoms in total. The molecule has 0 aliphatic heterocycles. The van der Waals surface area contributed by atoms with E-state index in [4.69, 9.17) is 0 Å². The molecule has 0 atom stereocenters. The van der Waals surface area contributed by atoms with Gasteiger partial charge in [0, 0.05) is 31.9 Å². The van der Waals surface area contributed by atoms with Gasteiger partial charge in [-0.25, -0.2) is 4.39 Å². The number of benzene rings is 1. The Bertz CT molecular complexity index is 557. The fourth-order valence-electron chi connectivity index (χ4n) is 1.77. The molecule has 1 amide bonds. The van der Waals surface area contributed by atoms with Crippen molar-refractivity contribution in [2.45, 2.75) is 6.42 Å². The Balaban J connectivity index is 1.99. The van der Waals surface area contributed by atoms with E-state index in [0.29, 0.717) is 13.0 Å². The molecule has 0 N–H and O–H groups in total. The highest BCUT2D eigenvalue weighted by Crippen LogP contribution is 2.09. The highest BCUT2D eigenvalue weighted by Gasteiger charge is 2.15. The summed E-state index contributed by atoms with van der Waals surface area (Å²) in [5, 5.41) is 0. The lowest BCUT2D eigenvalue weighted by Crippen LogP contribution is -2.29. The number of amides is 1. The van der Waals surface area contributed by atoms with Crippen LogP contribution in [0.5, 0.6) is 0 Å². The lowest BCUT2D eigenvalue weighted by Gasteiger charge is -2.17. The highest BCUT2D eigenvalue weighted by molar-refractivity contribution is 5.94. The molecule has 0 aliphatic rings. The quantitative estimate of drug-likeness (QED) is 0.844. The summed E-state index contributed by atoms with van der Waals surface area (Å²) in [4.78, 5) is 17.7. The number of nitrogens with zero attached hydrogens (tertiary/aromatic N) is 2. The van der Waals surface area contributed by atoms with Gasteiger partial charge in [-0.15, -0.1) is 0 Å². The first-order valence-corrected chi connectivity index (χ1v) is 6.08. The van der Waals surface area contributed by atoms with Crippen LogP contribution in [0.15, 0.2) is 48.7 Å². The molecular formula is C15H15FN2O. The van der Waals surface area contributed by atoms with Gasteiger partial charge in [-0.05, 0) is 24.3 Å². The molecule has 0 bridgehead atoms. The normalized spacial score (nSPS) is 10.2. The Labute approximate surface area is 111 Å². The lowest BCUT2D eigenvalue weighted by atomic mass is 10.2. The molecule has 4 heteroatoms. The van der Waals surface area contributed by atoms with Crippen LogP contribution in [0.1, 0.15) is 16.1 Å². The second kappa shape index (κ2) is 6.09. The zero-order valence-electron chi connectivity index (χ0n) is 10.7. The fraction of sp³-hybridized carbons (Fsp3) is 0.200. The van der Waals surface area contributed by atoms with Gasteiger partial charge in [0.05, 0.1) is 5.56 Å². The van der Waals surface area contributed by atoms with Crippen LogP contribution in [0.25, 0.3) is 0 Å². The Kier molecular flexibility index (Phi) is 4.23. The number of hydrogen-bond acceptors (Lipinski definition) is 2. The number of rotatable bonds is 4. The largest absolute Gasteiger partial charge is 0.341 e. The molecule has 2 aromatic rings. The smallest absolute Gasteiger partial charge is 0.256 e. The SMILES string of the molecule is CN(CCc1ccccn1)C(=O)c1ccccc1F. The summed E-state index contributed by atoms with van der Waals surface area (Å²) in [6, 6.07) is 11.7. The van der Waals surface area contributed by atoms with Crippen LogP contribution in [-0.2, 0) is 6.42 Å². The van der Waals surface area contributed by atoms with Crippen LogP contribution in [0.2, 0.25) is 0 Å². The molecule has 98 valence electrons. The summed E-state index contributed by atoms with van der Waals surface area (Å²) in [7, 11) is 1.66. The Morgan fingerprint density at radius 1 is 1.21 bits per heavy atom. The summed E-state index contributed by atoms with van der Waals surface area (Å²) in [5.74, 6) is -0.800. The molecule has 19 heavy (non-hydrogen) atoms. The van der Waals surface area contributed by atoms with Crippen LogP contribution in [0.4, 0.5) is 4.39 Å². The first kappa shape index (κ1) is 13.2. The minimum Gasteiger partial charge on any atom is -0.341 e. The summed E-state index contributed by atoms with van der Waals surface area (Å²) in [6.07, 6.45) is 2.37. The minimum atomic E-state index is -0.489. The number of aromatic nitrogens is 1. The number of halogens is 1. The molecule has 0 fully saturated rings. The van der Waals surface area contributed by atoms with Crippen LogP contribution < -0.4 is 0 Å². The number of carbonyl (C=O) groups excluding carboxylic acids is 1. The maximum Gasteiger partial charge on any atom is 0.256 e. The molecule has 1 heterocycles. The zero-order valence-corrected chi connectivity index (χ0v) is 10.7. The summed E-state index contributed by atoms with van der Waals surface area (Å²) in [5.41, 5.74) is 1.02. The number of hydrogen-bond donors (Lipinski definition) is 0. The van der Waals surface area contributed by atoms with Crippen molar-refractivity contribution in [1.82, 2.24) is 9.88 Å². The van der Waals surface area contributed by atoms with Crippen molar-refractivity contribution in [2.75, 3.05) is 13.6 Å². The van der Waals surface area contributed by atoms with Gasteiger partial charge >= 0.3 is 0 Å². The van der Waals surface area contributed by atoms with E-state index in [1.165, 1.54) is 17.0 Å². The van der Waals surface area contributed by atoms with Crippen molar-refractivity contribution >= 4 is 5.91 Å².